The van der Waals surface area contributed by atoms with Crippen molar-refractivity contribution in [2.75, 3.05) is 18.2 Å². The fourth-order valence-electron chi connectivity index (χ4n) is 1.50. The molecule has 1 aromatic carbocycles. The predicted octanol–water partition coefficient (Wildman–Crippen LogP) is 1.31. The number of para-hydroxylation sites is 1. The maximum atomic E-state index is 11.5. The van der Waals surface area contributed by atoms with Crippen LogP contribution in [0.1, 0.15) is 10.4 Å². The first-order valence-electron chi connectivity index (χ1n) is 5.52. The van der Waals surface area contributed by atoms with E-state index in [1.807, 2.05) is 0 Å². The summed E-state index contributed by atoms with van der Waals surface area (Å²) in [6.07, 6.45) is 0. The number of carbonyl (C=O) groups is 2. The number of fused-ring (bicyclic) bond motifs is 1. The molecule has 0 aromatic heterocycles. The molecule has 0 spiro atoms. The fraction of sp³-hybridized carbons (Fsp3) is 0.273. The van der Waals surface area contributed by atoms with Crippen LogP contribution in [0.2, 0.25) is 0 Å². The molecule has 0 fully saturated rings. The molecule has 122 valence electrons. The number of methoxy groups -OCH3 is 1. The highest BCUT2D eigenvalue weighted by Crippen LogP contribution is 2.32. The number of ether oxygens (including phenoxy) is 1. The lowest BCUT2D eigenvalue weighted by Crippen LogP contribution is -2.22. The number of rotatable bonds is 1. The van der Waals surface area contributed by atoms with E-state index in [1.165, 1.54) is 18.2 Å². The van der Waals surface area contributed by atoms with Crippen molar-refractivity contribution in [3.8, 4) is 5.75 Å². The number of benzene rings is 1. The van der Waals surface area contributed by atoms with E-state index in [0.29, 0.717) is 0 Å². The number of anilines is 1. The molecule has 1 aliphatic heterocycles. The summed E-state index contributed by atoms with van der Waals surface area (Å²) >= 11 is 0. The molecule has 1 aliphatic rings. The Balaban J connectivity index is 0.000000541. The second-order valence-corrected chi connectivity index (χ2v) is 5.33. The van der Waals surface area contributed by atoms with Gasteiger partial charge in [0.2, 0.25) is 5.91 Å². The Morgan fingerprint density at radius 3 is 2.50 bits per heavy atom. The topological polar surface area (TPSA) is 98.8 Å². The van der Waals surface area contributed by atoms with E-state index in [-0.39, 0.29) is 17.0 Å². The van der Waals surface area contributed by atoms with Crippen molar-refractivity contribution < 1.29 is 40.1 Å². The van der Waals surface area contributed by atoms with Gasteiger partial charge >= 0.3 is 22.8 Å². The monoisotopic (exact) mass is 341 g/mol. The quantitative estimate of drug-likeness (QED) is 0.611. The zero-order chi connectivity index (χ0) is 16.9. The standard InChI is InChI=1S/C10H9NO6S.CHF3/c1-16-10(13)6-3-2-4-7-9(6)17-18(14,15)5-8(12)11-7;2-1(3)4/h2-4H,5H2,1H3,(H,11,12);1H. The predicted molar refractivity (Wildman–Crippen MR) is 67.9 cm³/mol. The lowest BCUT2D eigenvalue weighted by molar-refractivity contribution is -0.113. The van der Waals surface area contributed by atoms with Crippen LogP contribution in [0.3, 0.4) is 0 Å². The van der Waals surface area contributed by atoms with Gasteiger partial charge in [0.25, 0.3) is 0 Å². The van der Waals surface area contributed by atoms with Gasteiger partial charge in [0.15, 0.2) is 11.5 Å². The molecular weight excluding hydrogens is 331 g/mol. The first kappa shape index (κ1) is 17.8. The zero-order valence-corrected chi connectivity index (χ0v) is 11.8. The summed E-state index contributed by atoms with van der Waals surface area (Å²) in [5, 5.41) is 2.35. The lowest BCUT2D eigenvalue weighted by Gasteiger charge is -2.09. The molecule has 1 amide bonds. The van der Waals surface area contributed by atoms with E-state index < -0.39 is 34.4 Å². The van der Waals surface area contributed by atoms with Gasteiger partial charge < -0.3 is 14.2 Å². The maximum Gasteiger partial charge on any atom is 0.379 e. The van der Waals surface area contributed by atoms with Crippen LogP contribution in [0.5, 0.6) is 5.75 Å². The third-order valence-corrected chi connectivity index (χ3v) is 3.25. The van der Waals surface area contributed by atoms with E-state index in [2.05, 4.69) is 10.1 Å². The SMILES string of the molecule is COC(=O)c1cccc2c1OS(=O)(=O)CC(=O)N2.FC(F)F. The molecule has 1 heterocycles. The average Bonchev–Trinajstić information content (AvgIpc) is 2.49. The molecule has 7 nitrogen and oxygen atoms in total. The van der Waals surface area contributed by atoms with Crippen molar-refractivity contribution in [2.24, 2.45) is 0 Å². The third-order valence-electron chi connectivity index (χ3n) is 2.21. The van der Waals surface area contributed by atoms with Gasteiger partial charge in [-0.15, -0.1) is 0 Å². The third kappa shape index (κ3) is 4.91. The number of halogens is 3. The van der Waals surface area contributed by atoms with Crippen molar-refractivity contribution in [3.63, 3.8) is 0 Å². The van der Waals surface area contributed by atoms with Gasteiger partial charge in [0, 0.05) is 0 Å². The van der Waals surface area contributed by atoms with E-state index >= 15 is 0 Å². The smallest absolute Gasteiger partial charge is 0.379 e. The summed E-state index contributed by atoms with van der Waals surface area (Å²) in [5.41, 5.74) is 0.0461. The normalized spacial score (nSPS) is 15.4. The molecule has 0 bridgehead atoms. The van der Waals surface area contributed by atoms with Crippen LogP contribution in [0.15, 0.2) is 18.2 Å². The number of esters is 1. The lowest BCUT2D eigenvalue weighted by atomic mass is 10.1. The number of amides is 1. The largest absolute Gasteiger partial charge is 0.465 e. The van der Waals surface area contributed by atoms with E-state index in [9.17, 15) is 31.2 Å². The summed E-state index contributed by atoms with van der Waals surface area (Å²) in [7, 11) is -2.91. The molecule has 1 N–H and O–H groups in total. The molecule has 2 rings (SSSR count). The Morgan fingerprint density at radius 2 is 1.95 bits per heavy atom. The molecule has 0 saturated heterocycles. The molecular formula is C11H10F3NO6S. The van der Waals surface area contributed by atoms with Crippen molar-refractivity contribution in [1.29, 1.82) is 0 Å². The van der Waals surface area contributed by atoms with Crippen LogP contribution < -0.4 is 9.50 Å². The Bertz CT molecular complexity index is 674. The number of hydrogen-bond acceptors (Lipinski definition) is 6. The van der Waals surface area contributed by atoms with E-state index in [1.54, 1.807) is 0 Å². The molecule has 22 heavy (non-hydrogen) atoms. The fourth-order valence-corrected chi connectivity index (χ4v) is 2.38. The van der Waals surface area contributed by atoms with Crippen LogP contribution >= 0.6 is 0 Å². The van der Waals surface area contributed by atoms with Crippen LogP contribution in [0.25, 0.3) is 0 Å². The number of hydrogen-bond donors (Lipinski definition) is 1. The van der Waals surface area contributed by atoms with Crippen molar-refractivity contribution in [1.82, 2.24) is 0 Å². The van der Waals surface area contributed by atoms with Gasteiger partial charge in [-0.25, -0.2) is 4.79 Å². The second-order valence-electron chi connectivity index (χ2n) is 3.75. The summed E-state index contributed by atoms with van der Waals surface area (Å²) in [5.74, 6) is -2.51. The summed E-state index contributed by atoms with van der Waals surface area (Å²) < 4.78 is 61.2. The molecule has 11 heteroatoms. The zero-order valence-electron chi connectivity index (χ0n) is 11.0. The average molecular weight is 341 g/mol. The van der Waals surface area contributed by atoms with Gasteiger partial charge in [0.05, 0.1) is 12.8 Å². The summed E-state index contributed by atoms with van der Waals surface area (Å²) in [6.45, 7) is -3.67. The summed E-state index contributed by atoms with van der Waals surface area (Å²) in [4.78, 5) is 22.8. The minimum atomic E-state index is -4.07. The molecule has 0 radical (unpaired) electrons. The van der Waals surface area contributed by atoms with E-state index in [0.717, 1.165) is 7.11 Å². The molecule has 0 aliphatic carbocycles. The molecule has 0 unspecified atom stereocenters. The Hall–Kier alpha value is -2.30. The van der Waals surface area contributed by atoms with Gasteiger partial charge in [0.1, 0.15) is 5.56 Å². The summed E-state index contributed by atoms with van der Waals surface area (Å²) in [6, 6.07) is 4.25. The molecule has 1 aromatic rings. The highest BCUT2D eigenvalue weighted by Gasteiger charge is 2.29. The number of alkyl halides is 3. The molecule has 0 atom stereocenters. The Kier molecular flexibility index (Phi) is 5.74. The van der Waals surface area contributed by atoms with Gasteiger partial charge in [-0.2, -0.15) is 21.6 Å². The molecule has 0 saturated carbocycles. The number of nitrogens with one attached hydrogen (secondary N) is 1. The number of carbonyl (C=O) groups excluding carboxylic acids is 2. The highest BCUT2D eigenvalue weighted by atomic mass is 32.2. The van der Waals surface area contributed by atoms with Crippen molar-refractivity contribution in [2.45, 2.75) is 6.68 Å². The van der Waals surface area contributed by atoms with Crippen molar-refractivity contribution >= 4 is 27.7 Å². The maximum absolute atomic E-state index is 11.5. The Morgan fingerprint density at radius 1 is 1.36 bits per heavy atom. The van der Waals surface area contributed by atoms with Crippen LogP contribution in [0.4, 0.5) is 18.9 Å². The minimum Gasteiger partial charge on any atom is -0.465 e. The second kappa shape index (κ2) is 7.11. The van der Waals surface area contributed by atoms with Gasteiger partial charge in [-0.05, 0) is 12.1 Å². The van der Waals surface area contributed by atoms with E-state index in [4.69, 9.17) is 4.18 Å². The van der Waals surface area contributed by atoms with Gasteiger partial charge in [-0.3, -0.25) is 4.79 Å². The van der Waals surface area contributed by atoms with Crippen LogP contribution in [0, 0.1) is 0 Å². The van der Waals surface area contributed by atoms with Crippen LogP contribution in [-0.4, -0.2) is 39.8 Å². The minimum absolute atomic E-state index is 0.0687. The first-order chi connectivity index (χ1) is 10.2. The van der Waals surface area contributed by atoms with Crippen molar-refractivity contribution in [3.05, 3.63) is 23.8 Å². The highest BCUT2D eigenvalue weighted by molar-refractivity contribution is 7.87. The first-order valence-corrected chi connectivity index (χ1v) is 7.09. The van der Waals surface area contributed by atoms with Crippen LogP contribution in [-0.2, 0) is 19.6 Å². The van der Waals surface area contributed by atoms with Gasteiger partial charge in [-0.1, -0.05) is 6.07 Å². The Labute approximate surface area is 123 Å².